The predicted molar refractivity (Wildman–Crippen MR) is 94.0 cm³/mol. The molecule has 1 atom stereocenters. The SMILES string of the molecule is COc1ccccc1CC(C)Nc1ccc(Cl)cc1I. The van der Waals surface area contributed by atoms with E-state index in [1.807, 2.05) is 36.4 Å². The zero-order valence-corrected chi connectivity index (χ0v) is 14.4. The van der Waals surface area contributed by atoms with E-state index in [0.29, 0.717) is 6.04 Å². The van der Waals surface area contributed by atoms with Gasteiger partial charge in [0.1, 0.15) is 5.75 Å². The number of rotatable bonds is 5. The van der Waals surface area contributed by atoms with Crippen LogP contribution in [0.2, 0.25) is 5.02 Å². The van der Waals surface area contributed by atoms with Gasteiger partial charge in [0.2, 0.25) is 0 Å². The number of nitrogens with one attached hydrogen (secondary N) is 1. The van der Waals surface area contributed by atoms with E-state index < -0.39 is 0 Å². The van der Waals surface area contributed by atoms with Crippen molar-refractivity contribution in [2.24, 2.45) is 0 Å². The minimum atomic E-state index is 0.306. The Morgan fingerprint density at radius 1 is 1.25 bits per heavy atom. The average molecular weight is 402 g/mol. The monoisotopic (exact) mass is 401 g/mol. The van der Waals surface area contributed by atoms with Gasteiger partial charge in [-0.2, -0.15) is 0 Å². The Morgan fingerprint density at radius 2 is 2.00 bits per heavy atom. The van der Waals surface area contributed by atoms with Gasteiger partial charge in [0.15, 0.2) is 0 Å². The fourth-order valence-corrected chi connectivity index (χ4v) is 3.15. The highest BCUT2D eigenvalue weighted by molar-refractivity contribution is 14.1. The molecule has 0 radical (unpaired) electrons. The number of anilines is 1. The first kappa shape index (κ1) is 15.4. The minimum absolute atomic E-state index is 0.306. The molecule has 2 rings (SSSR count). The second-order valence-electron chi connectivity index (χ2n) is 4.69. The summed E-state index contributed by atoms with van der Waals surface area (Å²) in [6.45, 7) is 2.16. The number of ether oxygens (including phenoxy) is 1. The Hall–Kier alpha value is -0.940. The van der Waals surface area contributed by atoms with Crippen molar-refractivity contribution in [3.63, 3.8) is 0 Å². The summed E-state index contributed by atoms with van der Waals surface area (Å²) in [4.78, 5) is 0. The molecule has 2 aromatic rings. The molecule has 0 aliphatic rings. The molecule has 0 bridgehead atoms. The van der Waals surface area contributed by atoms with E-state index in [1.54, 1.807) is 7.11 Å². The van der Waals surface area contributed by atoms with E-state index >= 15 is 0 Å². The topological polar surface area (TPSA) is 21.3 Å². The first-order valence-corrected chi connectivity index (χ1v) is 7.89. The Labute approximate surface area is 138 Å². The van der Waals surface area contributed by atoms with Crippen LogP contribution in [0.15, 0.2) is 42.5 Å². The van der Waals surface area contributed by atoms with Gasteiger partial charge in [-0.25, -0.2) is 0 Å². The predicted octanol–water partition coefficient (Wildman–Crippen LogP) is 5.00. The molecule has 106 valence electrons. The molecular weight excluding hydrogens is 385 g/mol. The zero-order valence-electron chi connectivity index (χ0n) is 11.5. The summed E-state index contributed by atoms with van der Waals surface area (Å²) in [5.41, 5.74) is 2.32. The Kier molecular flexibility index (Phi) is 5.54. The van der Waals surface area contributed by atoms with Crippen molar-refractivity contribution in [1.82, 2.24) is 0 Å². The van der Waals surface area contributed by atoms with Crippen molar-refractivity contribution in [2.45, 2.75) is 19.4 Å². The minimum Gasteiger partial charge on any atom is -0.496 e. The van der Waals surface area contributed by atoms with E-state index in [4.69, 9.17) is 16.3 Å². The summed E-state index contributed by atoms with van der Waals surface area (Å²) in [7, 11) is 1.71. The lowest BCUT2D eigenvalue weighted by molar-refractivity contribution is 0.409. The number of methoxy groups -OCH3 is 1. The van der Waals surface area contributed by atoms with Gasteiger partial charge in [-0.3, -0.25) is 0 Å². The third-order valence-electron chi connectivity index (χ3n) is 3.05. The van der Waals surface area contributed by atoms with Gasteiger partial charge in [-0.05, 0) is 65.8 Å². The van der Waals surface area contributed by atoms with Crippen LogP contribution in [0.3, 0.4) is 0 Å². The highest BCUT2D eigenvalue weighted by Gasteiger charge is 2.09. The van der Waals surface area contributed by atoms with Gasteiger partial charge >= 0.3 is 0 Å². The molecule has 0 aromatic heterocycles. The van der Waals surface area contributed by atoms with Crippen LogP contribution < -0.4 is 10.1 Å². The quantitative estimate of drug-likeness (QED) is 0.712. The van der Waals surface area contributed by atoms with Crippen LogP contribution in [0, 0.1) is 3.57 Å². The molecule has 0 saturated heterocycles. The molecule has 2 aromatic carbocycles. The van der Waals surface area contributed by atoms with Gasteiger partial charge in [0, 0.05) is 20.3 Å². The normalized spacial score (nSPS) is 12.0. The third-order valence-corrected chi connectivity index (χ3v) is 4.18. The highest BCUT2D eigenvalue weighted by Crippen LogP contribution is 2.24. The summed E-state index contributed by atoms with van der Waals surface area (Å²) in [5, 5.41) is 4.28. The van der Waals surface area contributed by atoms with Gasteiger partial charge in [0.05, 0.1) is 7.11 Å². The fraction of sp³-hybridized carbons (Fsp3) is 0.250. The Balaban J connectivity index is 2.07. The van der Waals surface area contributed by atoms with Crippen molar-refractivity contribution in [2.75, 3.05) is 12.4 Å². The molecule has 0 spiro atoms. The van der Waals surface area contributed by atoms with Crippen LogP contribution in [-0.4, -0.2) is 13.2 Å². The Morgan fingerprint density at radius 3 is 2.70 bits per heavy atom. The van der Waals surface area contributed by atoms with Crippen LogP contribution >= 0.6 is 34.2 Å². The summed E-state index contributed by atoms with van der Waals surface area (Å²) >= 11 is 8.27. The third kappa shape index (κ3) is 4.03. The number of benzene rings is 2. The van der Waals surface area contributed by atoms with Crippen molar-refractivity contribution in [3.05, 3.63) is 56.6 Å². The van der Waals surface area contributed by atoms with Crippen LogP contribution in [0.5, 0.6) is 5.75 Å². The number of hydrogen-bond acceptors (Lipinski definition) is 2. The highest BCUT2D eigenvalue weighted by atomic mass is 127. The maximum absolute atomic E-state index is 5.97. The zero-order chi connectivity index (χ0) is 14.5. The molecule has 1 unspecified atom stereocenters. The molecule has 20 heavy (non-hydrogen) atoms. The molecule has 0 fully saturated rings. The van der Waals surface area contributed by atoms with E-state index in [1.165, 1.54) is 5.56 Å². The lowest BCUT2D eigenvalue weighted by Gasteiger charge is -2.18. The summed E-state index contributed by atoms with van der Waals surface area (Å²) < 4.78 is 6.52. The number of para-hydroxylation sites is 1. The molecule has 4 heteroatoms. The van der Waals surface area contributed by atoms with Gasteiger partial charge in [0.25, 0.3) is 0 Å². The van der Waals surface area contributed by atoms with Crippen molar-refractivity contribution < 1.29 is 4.74 Å². The number of halogens is 2. The molecule has 0 saturated carbocycles. The van der Waals surface area contributed by atoms with E-state index in [9.17, 15) is 0 Å². The number of hydrogen-bond donors (Lipinski definition) is 1. The van der Waals surface area contributed by atoms with Gasteiger partial charge in [-0.15, -0.1) is 0 Å². The van der Waals surface area contributed by atoms with E-state index in [0.717, 1.165) is 26.5 Å². The molecule has 0 amide bonds. The molecular formula is C16H17ClINO. The first-order valence-electron chi connectivity index (χ1n) is 6.43. The molecule has 0 heterocycles. The molecule has 0 aliphatic carbocycles. The molecule has 1 N–H and O–H groups in total. The van der Waals surface area contributed by atoms with Crippen molar-refractivity contribution >= 4 is 39.9 Å². The largest absolute Gasteiger partial charge is 0.496 e. The average Bonchev–Trinajstić information content (AvgIpc) is 2.42. The summed E-state index contributed by atoms with van der Waals surface area (Å²) in [6.07, 6.45) is 0.905. The maximum atomic E-state index is 5.97. The van der Waals surface area contributed by atoms with Gasteiger partial charge in [-0.1, -0.05) is 29.8 Å². The van der Waals surface area contributed by atoms with Crippen LogP contribution in [0.25, 0.3) is 0 Å². The molecule has 0 aliphatic heterocycles. The van der Waals surface area contributed by atoms with Crippen LogP contribution in [-0.2, 0) is 6.42 Å². The standard InChI is InChI=1S/C16H17ClINO/c1-11(9-12-5-3-4-6-16(12)20-2)19-15-8-7-13(17)10-14(15)18/h3-8,10-11,19H,9H2,1-2H3. The summed E-state index contributed by atoms with van der Waals surface area (Å²) in [6, 6.07) is 14.3. The second-order valence-corrected chi connectivity index (χ2v) is 6.28. The smallest absolute Gasteiger partial charge is 0.122 e. The lowest BCUT2D eigenvalue weighted by Crippen LogP contribution is -2.19. The van der Waals surface area contributed by atoms with E-state index in [-0.39, 0.29) is 0 Å². The van der Waals surface area contributed by atoms with Crippen molar-refractivity contribution in [3.8, 4) is 5.75 Å². The van der Waals surface area contributed by atoms with Gasteiger partial charge < -0.3 is 10.1 Å². The maximum Gasteiger partial charge on any atom is 0.122 e. The van der Waals surface area contributed by atoms with E-state index in [2.05, 4.69) is 40.9 Å². The summed E-state index contributed by atoms with van der Waals surface area (Å²) in [5.74, 6) is 0.937. The Bertz CT molecular complexity index is 588. The lowest BCUT2D eigenvalue weighted by atomic mass is 10.1. The van der Waals surface area contributed by atoms with Crippen LogP contribution in [0.1, 0.15) is 12.5 Å². The first-order chi connectivity index (χ1) is 9.60. The fourth-order valence-electron chi connectivity index (χ4n) is 2.12. The van der Waals surface area contributed by atoms with Crippen LogP contribution in [0.4, 0.5) is 5.69 Å². The van der Waals surface area contributed by atoms with Crippen molar-refractivity contribution in [1.29, 1.82) is 0 Å². The second kappa shape index (κ2) is 7.18. The molecule has 2 nitrogen and oxygen atoms in total.